The number of hydrogen-bond donors (Lipinski definition) is 7. The first kappa shape index (κ1) is 35.1. The van der Waals surface area contributed by atoms with Gasteiger partial charge in [-0.3, -0.25) is 28.5 Å². The monoisotopic (exact) mass is 592 g/mol. The van der Waals surface area contributed by atoms with Crippen LogP contribution in [0.5, 0.6) is 0 Å². The molecule has 6 atom stereocenters. The first-order valence-corrected chi connectivity index (χ1v) is 14.4. The molecule has 0 saturated carbocycles. The maximum Gasteiger partial charge on any atom is 0.469 e. The number of phosphoric ester groups is 1. The molecule has 0 aromatic carbocycles. The van der Waals surface area contributed by atoms with Gasteiger partial charge in [0.05, 0.1) is 18.7 Å². The minimum atomic E-state index is -5.05. The molecule has 16 nitrogen and oxygen atoms in total. The summed E-state index contributed by atoms with van der Waals surface area (Å²) in [6, 6.07) is -6.55. The first-order valence-electron chi connectivity index (χ1n) is 12.9. The summed E-state index contributed by atoms with van der Waals surface area (Å²) in [6.45, 7) is 7.07. The summed E-state index contributed by atoms with van der Waals surface area (Å²) in [5.41, 5.74) is 5.45. The highest BCUT2D eigenvalue weighted by Gasteiger charge is 2.36. The smallest absolute Gasteiger partial charge is 0.343 e. The molecule has 0 aliphatic carbocycles. The van der Waals surface area contributed by atoms with E-state index in [0.29, 0.717) is 25.7 Å². The molecule has 40 heavy (non-hydrogen) atoms. The molecule has 228 valence electrons. The molecule has 0 spiro atoms. The summed E-state index contributed by atoms with van der Waals surface area (Å²) in [4.78, 5) is 94.2. The van der Waals surface area contributed by atoms with Crippen LogP contribution in [0.25, 0.3) is 0 Å². The van der Waals surface area contributed by atoms with Gasteiger partial charge in [-0.2, -0.15) is 0 Å². The van der Waals surface area contributed by atoms with Crippen molar-refractivity contribution in [2.75, 3.05) is 13.2 Å². The van der Waals surface area contributed by atoms with E-state index in [0.717, 1.165) is 0 Å². The van der Waals surface area contributed by atoms with E-state index in [1.807, 2.05) is 13.8 Å². The average Bonchev–Trinajstić information content (AvgIpc) is 3.33. The highest BCUT2D eigenvalue weighted by molar-refractivity contribution is 7.46. The second-order valence-electron chi connectivity index (χ2n) is 10.2. The minimum absolute atomic E-state index is 0.0640. The fraction of sp³-hybridized carbons (Fsp3) is 0.739. The van der Waals surface area contributed by atoms with Gasteiger partial charge in [-0.25, -0.2) is 4.57 Å². The predicted molar refractivity (Wildman–Crippen MR) is 141 cm³/mol. The van der Waals surface area contributed by atoms with Crippen molar-refractivity contribution in [3.8, 4) is 0 Å². The third-order valence-corrected chi connectivity index (χ3v) is 6.51. The molecule has 0 unspecified atom stereocenters. The Labute approximate surface area is 232 Å². The number of carbonyl (C=O) groups excluding carboxylic acids is 6. The Morgan fingerprint density at radius 1 is 0.925 bits per heavy atom. The van der Waals surface area contributed by atoms with Crippen molar-refractivity contribution < 1.29 is 47.6 Å². The largest absolute Gasteiger partial charge is 0.469 e. The summed E-state index contributed by atoms with van der Waals surface area (Å²) in [5.74, 6) is -3.78. The van der Waals surface area contributed by atoms with Gasteiger partial charge >= 0.3 is 7.82 Å². The number of rotatable bonds is 15. The molecular weight excluding hydrogens is 551 g/mol. The Morgan fingerprint density at radius 3 is 1.95 bits per heavy atom. The molecule has 1 heterocycles. The van der Waals surface area contributed by atoms with Crippen molar-refractivity contribution >= 4 is 43.6 Å². The molecule has 0 aromatic rings. The number of phosphoric acid groups is 1. The molecule has 1 fully saturated rings. The van der Waals surface area contributed by atoms with Gasteiger partial charge < -0.3 is 46.5 Å². The molecule has 1 aliphatic heterocycles. The lowest BCUT2D eigenvalue weighted by Gasteiger charge is -2.29. The van der Waals surface area contributed by atoms with Crippen LogP contribution in [0.2, 0.25) is 0 Å². The molecule has 5 amide bonds. The van der Waals surface area contributed by atoms with Crippen molar-refractivity contribution in [3.05, 3.63) is 0 Å². The lowest BCUT2D eigenvalue weighted by atomic mass is 10.0. The van der Waals surface area contributed by atoms with Crippen LogP contribution in [0.4, 0.5) is 0 Å². The van der Waals surface area contributed by atoms with Crippen LogP contribution in [0.1, 0.15) is 53.9 Å². The van der Waals surface area contributed by atoms with Crippen molar-refractivity contribution in [2.45, 2.75) is 90.1 Å². The molecule has 0 radical (unpaired) electrons. The van der Waals surface area contributed by atoms with Crippen LogP contribution in [0.3, 0.4) is 0 Å². The van der Waals surface area contributed by atoms with Gasteiger partial charge in [-0.05, 0) is 46.0 Å². The van der Waals surface area contributed by atoms with Gasteiger partial charge in [0.25, 0.3) is 0 Å². The van der Waals surface area contributed by atoms with Crippen LogP contribution < -0.4 is 27.0 Å². The number of nitrogens with one attached hydrogen (secondary N) is 4. The number of nitrogens with two attached hydrogens (primary N) is 1. The van der Waals surface area contributed by atoms with Crippen molar-refractivity contribution in [1.82, 2.24) is 26.2 Å². The second-order valence-corrected chi connectivity index (χ2v) is 11.4. The van der Waals surface area contributed by atoms with Crippen LogP contribution in [-0.4, -0.2) is 99.9 Å². The Kier molecular flexibility index (Phi) is 13.8. The van der Waals surface area contributed by atoms with Gasteiger partial charge in [0.15, 0.2) is 0 Å². The molecule has 0 bridgehead atoms. The zero-order valence-electron chi connectivity index (χ0n) is 23.3. The van der Waals surface area contributed by atoms with Crippen molar-refractivity contribution in [2.24, 2.45) is 11.7 Å². The van der Waals surface area contributed by atoms with E-state index >= 15 is 0 Å². The quantitative estimate of drug-likeness (QED) is 0.0784. The third kappa shape index (κ3) is 11.7. The first-order chi connectivity index (χ1) is 18.5. The summed E-state index contributed by atoms with van der Waals surface area (Å²) in [7, 11) is -5.05. The van der Waals surface area contributed by atoms with Gasteiger partial charge in [0.2, 0.25) is 29.5 Å². The number of nitrogens with zero attached hydrogens (tertiary/aromatic N) is 1. The number of amides is 5. The number of likely N-dealkylation sites (tertiary alicyclic amines) is 1. The van der Waals surface area contributed by atoms with E-state index in [1.165, 1.54) is 25.7 Å². The highest BCUT2D eigenvalue weighted by atomic mass is 31.2. The Bertz CT molecular complexity index is 987. The van der Waals surface area contributed by atoms with E-state index in [2.05, 4.69) is 25.8 Å². The van der Waals surface area contributed by atoms with E-state index in [1.54, 1.807) is 0 Å². The van der Waals surface area contributed by atoms with Gasteiger partial charge in [-0.15, -0.1) is 0 Å². The van der Waals surface area contributed by atoms with Crippen molar-refractivity contribution in [3.63, 3.8) is 0 Å². The fourth-order valence-corrected chi connectivity index (χ4v) is 4.18. The molecule has 17 heteroatoms. The molecular formula is C23H41N6O10P. The van der Waals surface area contributed by atoms with E-state index in [9.17, 15) is 33.3 Å². The van der Waals surface area contributed by atoms with Crippen LogP contribution in [-0.2, 0) is 37.9 Å². The molecule has 1 saturated heterocycles. The maximum absolute atomic E-state index is 13.2. The van der Waals surface area contributed by atoms with Crippen LogP contribution >= 0.6 is 7.82 Å². The molecule has 8 N–H and O–H groups in total. The Morgan fingerprint density at radius 2 is 1.45 bits per heavy atom. The number of hydrogen-bond acceptors (Lipinski definition) is 9. The summed E-state index contributed by atoms with van der Waals surface area (Å²) >= 11 is 0. The topological polar surface area (TPSA) is 247 Å². The zero-order valence-corrected chi connectivity index (χ0v) is 24.2. The van der Waals surface area contributed by atoms with Crippen molar-refractivity contribution in [1.29, 1.82) is 0 Å². The predicted octanol–water partition coefficient (Wildman–Crippen LogP) is -2.34. The maximum atomic E-state index is 13.2. The minimum Gasteiger partial charge on any atom is -0.343 e. The zero-order chi connectivity index (χ0) is 30.8. The standard InChI is InChI=1S/C23H41N6O10P/c1-12(2)9-17(23(35)29-8-6-7-16(29)10-30)27-22(34)18(11-39-40(36,37)38)28-21(33)15(5)26-20(32)14(4)25-19(31)13(3)24/h10,12-18H,6-9,11,24H2,1-5H3,(H,25,31)(H,26,32)(H,27,34)(H,28,33)(H2,36,37,38)/t13-,14-,15-,16-,17-,18-/m0/s1. The average molecular weight is 593 g/mol. The SMILES string of the molecule is CC(C)C[C@H](NC(=O)[C@H](COP(=O)(O)O)NC(=O)[C@H](C)NC(=O)[C@H](C)NC(=O)[C@H](C)N)C(=O)N1CCC[C@H]1C=O. The summed E-state index contributed by atoms with van der Waals surface area (Å²) in [5, 5.41) is 9.47. The Hall–Kier alpha value is -2.91. The van der Waals surface area contributed by atoms with Crippen LogP contribution in [0, 0.1) is 5.92 Å². The highest BCUT2D eigenvalue weighted by Crippen LogP contribution is 2.35. The number of aldehydes is 1. The van der Waals surface area contributed by atoms with E-state index < -0.39 is 80.2 Å². The van der Waals surface area contributed by atoms with Gasteiger partial charge in [0, 0.05) is 6.54 Å². The molecule has 1 rings (SSSR count). The van der Waals surface area contributed by atoms with E-state index in [4.69, 9.17) is 15.5 Å². The van der Waals surface area contributed by atoms with Gasteiger partial charge in [-0.1, -0.05) is 13.8 Å². The van der Waals surface area contributed by atoms with Crippen LogP contribution in [0.15, 0.2) is 0 Å². The van der Waals surface area contributed by atoms with E-state index in [-0.39, 0.29) is 12.3 Å². The second kappa shape index (κ2) is 15.8. The molecule has 1 aliphatic rings. The molecule has 0 aromatic heterocycles. The van der Waals surface area contributed by atoms with Gasteiger partial charge in [0.1, 0.15) is 30.5 Å². The lowest BCUT2D eigenvalue weighted by Crippen LogP contribution is -2.59. The third-order valence-electron chi connectivity index (χ3n) is 6.02. The summed E-state index contributed by atoms with van der Waals surface area (Å²) in [6.07, 6.45) is 1.95. The lowest BCUT2D eigenvalue weighted by molar-refractivity contribution is -0.140. The normalized spacial score (nSPS) is 19.1. The number of carbonyl (C=O) groups is 6. The fourth-order valence-electron chi connectivity index (χ4n) is 3.84. The summed E-state index contributed by atoms with van der Waals surface area (Å²) < 4.78 is 15.7. The Balaban J connectivity index is 3.01.